The minimum Gasteiger partial charge on any atom is -0.371 e. The van der Waals surface area contributed by atoms with Gasteiger partial charge in [-0.05, 0) is 122 Å². The molecule has 0 saturated carbocycles. The Morgan fingerprint density at radius 2 is 1.91 bits per heavy atom. The smallest absolute Gasteiger partial charge is 0.184 e. The molecule has 226 valence electrons. The number of aliphatic imine (C=N–C) groups is 1. The molecule has 4 nitrogen and oxygen atoms in total. The van der Waals surface area contributed by atoms with Gasteiger partial charge in [0.2, 0.25) is 0 Å². The summed E-state index contributed by atoms with van der Waals surface area (Å²) in [7, 11) is 0. The first-order valence-electron chi connectivity index (χ1n) is 16.7. The lowest BCUT2D eigenvalue weighted by atomic mass is 9.82. The molecule has 0 bridgehead atoms. The van der Waals surface area contributed by atoms with Gasteiger partial charge in [-0.2, -0.15) is 5.26 Å². The van der Waals surface area contributed by atoms with Gasteiger partial charge in [-0.15, -0.1) is 0 Å². The Labute approximate surface area is 263 Å². The van der Waals surface area contributed by atoms with Gasteiger partial charge >= 0.3 is 0 Å². The van der Waals surface area contributed by atoms with Crippen LogP contribution in [0.15, 0.2) is 105 Å². The van der Waals surface area contributed by atoms with Crippen LogP contribution in [0.4, 0.5) is 0 Å². The second-order valence-corrected chi connectivity index (χ2v) is 13.4. The average Bonchev–Trinajstić information content (AvgIpc) is 3.42. The van der Waals surface area contributed by atoms with Crippen molar-refractivity contribution in [3.05, 3.63) is 112 Å². The molecule has 1 unspecified atom stereocenters. The lowest BCUT2D eigenvalue weighted by Crippen LogP contribution is -2.28. The van der Waals surface area contributed by atoms with E-state index in [0.29, 0.717) is 18.8 Å². The van der Waals surface area contributed by atoms with Crippen LogP contribution in [0.5, 0.6) is 0 Å². The molecule has 5 aliphatic rings. The average molecular weight is 584 g/mol. The highest BCUT2D eigenvalue weighted by Gasteiger charge is 2.26. The molecule has 44 heavy (non-hydrogen) atoms. The van der Waals surface area contributed by atoms with Gasteiger partial charge in [0.25, 0.3) is 0 Å². The van der Waals surface area contributed by atoms with E-state index in [2.05, 4.69) is 84.5 Å². The van der Waals surface area contributed by atoms with Crippen LogP contribution in [0.25, 0.3) is 5.57 Å². The van der Waals surface area contributed by atoms with Crippen LogP contribution in [0, 0.1) is 23.2 Å². The maximum atomic E-state index is 13.2. The first-order chi connectivity index (χ1) is 21.5. The summed E-state index contributed by atoms with van der Waals surface area (Å²) in [5, 5.41) is 9.24. The number of fused-ring (bicyclic) bond motifs is 1. The van der Waals surface area contributed by atoms with Crippen LogP contribution in [0.3, 0.4) is 0 Å². The number of hydrogen-bond acceptors (Lipinski definition) is 4. The number of carbonyl (C=O) groups excluding carboxylic acids is 1. The summed E-state index contributed by atoms with van der Waals surface area (Å²) < 4.78 is 0. The molecule has 0 N–H and O–H groups in total. The lowest BCUT2D eigenvalue weighted by molar-refractivity contribution is -0.112. The monoisotopic (exact) mass is 583 g/mol. The summed E-state index contributed by atoms with van der Waals surface area (Å²) in [4.78, 5) is 20.2. The molecule has 1 aromatic rings. The van der Waals surface area contributed by atoms with E-state index in [1.165, 1.54) is 52.8 Å². The van der Waals surface area contributed by atoms with Crippen LogP contribution in [0.2, 0.25) is 0 Å². The molecule has 0 spiro atoms. The Bertz CT molecular complexity index is 1560. The molecule has 1 aromatic carbocycles. The normalized spacial score (nSPS) is 25.0. The summed E-state index contributed by atoms with van der Waals surface area (Å²) >= 11 is 0. The number of allylic oxidation sites excluding steroid dienone is 10. The van der Waals surface area contributed by atoms with Gasteiger partial charge in [-0.25, -0.2) is 0 Å². The van der Waals surface area contributed by atoms with E-state index in [-0.39, 0.29) is 11.7 Å². The molecular formula is C40H45N3O. The van der Waals surface area contributed by atoms with Gasteiger partial charge in [0.15, 0.2) is 5.78 Å². The standard InChI is InChI=1S/C40H45N3O/c1-28(2)23-29-7-10-31(11-8-29)32-13-15-33(16-14-32)35-17-18-37-27-42-20-19-39(38(37)25-35)43-21-3-5-34(6-4-22-43)40(44)36-12-9-30(24-36)26-41/h5,7,12-17,19-20,25,27-28,30-31H,3-4,6,8-11,18,21-24H2,1-2H3/b34-5-/t30?,31-/m1/s1. The largest absolute Gasteiger partial charge is 0.371 e. The van der Waals surface area contributed by atoms with E-state index in [1.54, 1.807) is 5.57 Å². The predicted molar refractivity (Wildman–Crippen MR) is 181 cm³/mol. The van der Waals surface area contributed by atoms with E-state index in [9.17, 15) is 10.1 Å². The fourth-order valence-corrected chi connectivity index (χ4v) is 7.38. The van der Waals surface area contributed by atoms with Crippen LogP contribution < -0.4 is 0 Å². The third-order valence-corrected chi connectivity index (χ3v) is 9.79. The molecule has 0 radical (unpaired) electrons. The molecular weight excluding hydrogens is 538 g/mol. The van der Waals surface area contributed by atoms with Crippen LogP contribution in [-0.4, -0.2) is 30.0 Å². The number of hydrogen-bond donors (Lipinski definition) is 0. The highest BCUT2D eigenvalue weighted by molar-refractivity contribution is 6.08. The number of rotatable bonds is 7. The Morgan fingerprint density at radius 1 is 1.05 bits per heavy atom. The third kappa shape index (κ3) is 6.88. The maximum absolute atomic E-state index is 13.2. The van der Waals surface area contributed by atoms with Crippen molar-refractivity contribution in [3.63, 3.8) is 0 Å². The van der Waals surface area contributed by atoms with Crippen molar-refractivity contribution in [1.29, 1.82) is 5.26 Å². The van der Waals surface area contributed by atoms with Gasteiger partial charge in [-0.3, -0.25) is 9.79 Å². The van der Waals surface area contributed by atoms with E-state index in [1.807, 2.05) is 18.5 Å². The maximum Gasteiger partial charge on any atom is 0.184 e. The summed E-state index contributed by atoms with van der Waals surface area (Å²) in [6, 6.07) is 11.6. The highest BCUT2D eigenvalue weighted by Crippen LogP contribution is 2.38. The molecule has 2 heterocycles. The van der Waals surface area contributed by atoms with E-state index in [4.69, 9.17) is 0 Å². The number of carbonyl (C=O) groups is 1. The van der Waals surface area contributed by atoms with Crippen molar-refractivity contribution in [3.8, 4) is 6.07 Å². The molecule has 2 aliphatic heterocycles. The third-order valence-electron chi connectivity index (χ3n) is 9.79. The van der Waals surface area contributed by atoms with E-state index in [0.717, 1.165) is 62.3 Å². The zero-order valence-corrected chi connectivity index (χ0v) is 26.4. The van der Waals surface area contributed by atoms with Crippen LogP contribution >= 0.6 is 0 Å². The summed E-state index contributed by atoms with van der Waals surface area (Å²) in [6.07, 6.45) is 27.0. The molecule has 6 rings (SSSR count). The number of Topliss-reactive ketones (excluding diaryl/α,β-unsaturated/α-hetero) is 1. The second-order valence-electron chi connectivity index (χ2n) is 13.4. The van der Waals surface area contributed by atoms with Gasteiger partial charge in [0, 0.05) is 36.8 Å². The highest BCUT2D eigenvalue weighted by atomic mass is 16.1. The Balaban J connectivity index is 1.14. The number of nitriles is 1. The summed E-state index contributed by atoms with van der Waals surface area (Å²) in [5.74, 6) is 1.49. The Hall–Kier alpha value is -3.97. The van der Waals surface area contributed by atoms with Gasteiger partial charge in [0.1, 0.15) is 0 Å². The molecule has 4 heteroatoms. The quantitative estimate of drug-likeness (QED) is 0.301. The first kappa shape index (κ1) is 30.1. The fourth-order valence-electron chi connectivity index (χ4n) is 7.38. The SMILES string of the molecule is CC(C)CC1=CC[C@@H](c2ccc(C3=CCC4=CN=CC=C(N5CC/C=C(\C(=O)C6=CCC(C#N)C6)CCC5)C4=C3)cc2)CC1. The van der Waals surface area contributed by atoms with E-state index < -0.39 is 0 Å². The minimum atomic E-state index is -0.0393. The molecule has 0 saturated heterocycles. The molecule has 0 aromatic heterocycles. The first-order valence-corrected chi connectivity index (χ1v) is 16.7. The van der Waals surface area contributed by atoms with Gasteiger partial charge in [0.05, 0.1) is 12.0 Å². The van der Waals surface area contributed by atoms with E-state index >= 15 is 0 Å². The number of benzene rings is 1. The molecule has 3 aliphatic carbocycles. The van der Waals surface area contributed by atoms with Crippen LogP contribution in [0.1, 0.15) is 95.1 Å². The van der Waals surface area contributed by atoms with Crippen molar-refractivity contribution in [1.82, 2.24) is 4.90 Å². The van der Waals surface area contributed by atoms with Crippen molar-refractivity contribution in [2.24, 2.45) is 16.8 Å². The van der Waals surface area contributed by atoms with Crippen LogP contribution in [-0.2, 0) is 4.79 Å². The molecule has 0 fully saturated rings. The van der Waals surface area contributed by atoms with Crippen molar-refractivity contribution >= 4 is 17.6 Å². The van der Waals surface area contributed by atoms with Crippen molar-refractivity contribution in [2.75, 3.05) is 13.1 Å². The number of ketones is 1. The Morgan fingerprint density at radius 3 is 2.66 bits per heavy atom. The Kier molecular flexibility index (Phi) is 9.41. The van der Waals surface area contributed by atoms with Gasteiger partial charge in [-0.1, -0.05) is 68.0 Å². The minimum absolute atomic E-state index is 0.0393. The number of nitrogens with zero attached hydrogens (tertiary/aromatic N) is 3. The van der Waals surface area contributed by atoms with Crippen molar-refractivity contribution < 1.29 is 4.79 Å². The molecule has 2 atom stereocenters. The zero-order valence-electron chi connectivity index (χ0n) is 26.4. The summed E-state index contributed by atoms with van der Waals surface area (Å²) in [5.41, 5.74) is 11.2. The zero-order chi connectivity index (χ0) is 30.5. The molecule has 0 amide bonds. The van der Waals surface area contributed by atoms with Gasteiger partial charge < -0.3 is 4.90 Å². The second kappa shape index (κ2) is 13.8. The predicted octanol–water partition coefficient (Wildman–Crippen LogP) is 9.33. The van der Waals surface area contributed by atoms with Crippen molar-refractivity contribution in [2.45, 2.75) is 84.0 Å². The summed E-state index contributed by atoms with van der Waals surface area (Å²) in [6.45, 7) is 6.39. The topological polar surface area (TPSA) is 56.5 Å². The fraction of sp³-hybridized carbons (Fsp3) is 0.425. The lowest BCUT2D eigenvalue weighted by Gasteiger charge is -2.32.